The first-order valence-corrected chi connectivity index (χ1v) is 6.84. The maximum atomic E-state index is 4.36. The fraction of sp³-hybridized carbons (Fsp3) is 0.500. The highest BCUT2D eigenvalue weighted by molar-refractivity contribution is 7.15. The number of nitrogens with zero attached hydrogens (tertiary/aromatic N) is 3. The molecule has 0 radical (unpaired) electrons. The predicted molar refractivity (Wildman–Crippen MR) is 69.1 cm³/mol. The van der Waals surface area contributed by atoms with Crippen LogP contribution in [0, 0.1) is 6.92 Å². The number of aromatic nitrogens is 3. The van der Waals surface area contributed by atoms with Crippen molar-refractivity contribution in [1.82, 2.24) is 20.1 Å². The quantitative estimate of drug-likeness (QED) is 0.887. The van der Waals surface area contributed by atoms with Crippen LogP contribution in [-0.4, -0.2) is 21.3 Å². The lowest BCUT2D eigenvalue weighted by atomic mass is 10.2. The van der Waals surface area contributed by atoms with Crippen LogP contribution in [-0.2, 0) is 6.54 Å². The van der Waals surface area contributed by atoms with Crippen molar-refractivity contribution < 1.29 is 0 Å². The van der Waals surface area contributed by atoms with Crippen molar-refractivity contribution in [2.75, 3.05) is 6.54 Å². The number of hydrogen-bond donors (Lipinski definition) is 1. The standard InChI is InChI=1S/C12H16N4S/c1-3-9-11-14-15-12(16(11)7-6-13-9)10-5-4-8(2)17-10/h4-5,9,13H,3,6-7H2,1-2H3. The molecule has 5 heteroatoms. The van der Waals surface area contributed by atoms with Crippen LogP contribution in [0.15, 0.2) is 12.1 Å². The summed E-state index contributed by atoms with van der Waals surface area (Å²) in [7, 11) is 0. The first kappa shape index (κ1) is 10.9. The van der Waals surface area contributed by atoms with Crippen LogP contribution in [0.5, 0.6) is 0 Å². The molecular formula is C12H16N4S. The van der Waals surface area contributed by atoms with E-state index in [1.165, 1.54) is 9.75 Å². The van der Waals surface area contributed by atoms with Gasteiger partial charge in [-0.05, 0) is 25.5 Å². The van der Waals surface area contributed by atoms with Crippen molar-refractivity contribution in [3.05, 3.63) is 22.8 Å². The Morgan fingerprint density at radius 2 is 2.35 bits per heavy atom. The van der Waals surface area contributed by atoms with Gasteiger partial charge in [0.2, 0.25) is 0 Å². The third-order valence-electron chi connectivity index (χ3n) is 3.19. The Bertz CT molecular complexity index is 528. The smallest absolute Gasteiger partial charge is 0.174 e. The van der Waals surface area contributed by atoms with Crippen molar-refractivity contribution in [3.63, 3.8) is 0 Å². The summed E-state index contributed by atoms with van der Waals surface area (Å²) in [4.78, 5) is 2.54. The van der Waals surface area contributed by atoms with E-state index in [9.17, 15) is 0 Å². The van der Waals surface area contributed by atoms with Gasteiger partial charge in [-0.1, -0.05) is 6.92 Å². The number of nitrogens with one attached hydrogen (secondary N) is 1. The molecule has 4 nitrogen and oxygen atoms in total. The minimum atomic E-state index is 0.353. The molecule has 90 valence electrons. The Morgan fingerprint density at radius 3 is 3.06 bits per heavy atom. The lowest BCUT2D eigenvalue weighted by Gasteiger charge is -2.23. The van der Waals surface area contributed by atoms with Gasteiger partial charge in [-0.2, -0.15) is 0 Å². The summed E-state index contributed by atoms with van der Waals surface area (Å²) in [5, 5.41) is 12.2. The number of hydrogen-bond acceptors (Lipinski definition) is 4. The van der Waals surface area contributed by atoms with Crippen LogP contribution < -0.4 is 5.32 Å². The van der Waals surface area contributed by atoms with Gasteiger partial charge in [0.05, 0.1) is 10.9 Å². The van der Waals surface area contributed by atoms with E-state index in [0.717, 1.165) is 31.2 Å². The summed E-state index contributed by atoms with van der Waals surface area (Å²) in [5.74, 6) is 2.11. The summed E-state index contributed by atoms with van der Waals surface area (Å²) in [6.45, 7) is 6.26. The van der Waals surface area contributed by atoms with Crippen LogP contribution in [0.25, 0.3) is 10.7 Å². The zero-order chi connectivity index (χ0) is 11.8. The van der Waals surface area contributed by atoms with Crippen molar-refractivity contribution in [2.24, 2.45) is 0 Å². The first-order valence-electron chi connectivity index (χ1n) is 6.03. The van der Waals surface area contributed by atoms with Crippen LogP contribution >= 0.6 is 11.3 Å². The van der Waals surface area contributed by atoms with Crippen molar-refractivity contribution in [2.45, 2.75) is 32.9 Å². The van der Waals surface area contributed by atoms with E-state index in [4.69, 9.17) is 0 Å². The number of rotatable bonds is 2. The maximum Gasteiger partial charge on any atom is 0.174 e. The molecule has 0 saturated carbocycles. The number of fused-ring (bicyclic) bond motifs is 1. The molecule has 0 amide bonds. The SMILES string of the molecule is CCC1NCCn2c(-c3ccc(C)s3)nnc21. The van der Waals surface area contributed by atoms with Crippen LogP contribution in [0.4, 0.5) is 0 Å². The molecular weight excluding hydrogens is 232 g/mol. The number of aryl methyl sites for hydroxylation is 1. The Hall–Kier alpha value is -1.20. The molecule has 1 unspecified atom stereocenters. The topological polar surface area (TPSA) is 42.7 Å². The molecule has 0 saturated heterocycles. The highest BCUT2D eigenvalue weighted by Crippen LogP contribution is 2.29. The Kier molecular flexibility index (Phi) is 2.72. The van der Waals surface area contributed by atoms with Gasteiger partial charge < -0.3 is 9.88 Å². The Balaban J connectivity index is 2.05. The molecule has 0 aromatic carbocycles. The van der Waals surface area contributed by atoms with Gasteiger partial charge in [0.25, 0.3) is 0 Å². The lowest BCUT2D eigenvalue weighted by Crippen LogP contribution is -2.33. The average molecular weight is 248 g/mol. The molecule has 3 heterocycles. The van der Waals surface area contributed by atoms with E-state index in [1.54, 1.807) is 11.3 Å². The van der Waals surface area contributed by atoms with Gasteiger partial charge in [0, 0.05) is 18.0 Å². The summed E-state index contributed by atoms with van der Waals surface area (Å²) in [5.41, 5.74) is 0. The zero-order valence-corrected chi connectivity index (χ0v) is 10.9. The lowest BCUT2D eigenvalue weighted by molar-refractivity contribution is 0.407. The molecule has 1 atom stereocenters. The molecule has 0 fully saturated rings. The predicted octanol–water partition coefficient (Wildman–Crippen LogP) is 2.37. The number of thiophene rings is 1. The van der Waals surface area contributed by atoms with Gasteiger partial charge in [-0.15, -0.1) is 21.5 Å². The summed E-state index contributed by atoms with van der Waals surface area (Å²) in [6, 6.07) is 4.63. The fourth-order valence-electron chi connectivity index (χ4n) is 2.30. The van der Waals surface area contributed by atoms with E-state index >= 15 is 0 Å². The molecule has 2 aromatic rings. The van der Waals surface area contributed by atoms with Crippen molar-refractivity contribution in [3.8, 4) is 10.7 Å². The second-order valence-electron chi connectivity index (χ2n) is 4.36. The molecule has 0 bridgehead atoms. The monoisotopic (exact) mass is 248 g/mol. The largest absolute Gasteiger partial charge is 0.308 e. The summed E-state index contributed by atoms with van der Waals surface area (Å²) < 4.78 is 2.26. The highest BCUT2D eigenvalue weighted by Gasteiger charge is 2.24. The minimum Gasteiger partial charge on any atom is -0.308 e. The molecule has 1 N–H and O–H groups in total. The molecule has 3 rings (SSSR count). The normalized spacial score (nSPS) is 19.3. The van der Waals surface area contributed by atoms with E-state index in [-0.39, 0.29) is 0 Å². The molecule has 0 aliphatic carbocycles. The van der Waals surface area contributed by atoms with Crippen LogP contribution in [0.3, 0.4) is 0 Å². The van der Waals surface area contributed by atoms with Gasteiger partial charge in [0.1, 0.15) is 0 Å². The summed E-state index contributed by atoms with van der Waals surface area (Å²) in [6.07, 6.45) is 1.06. The van der Waals surface area contributed by atoms with E-state index < -0.39 is 0 Å². The first-order chi connectivity index (χ1) is 8.29. The molecule has 17 heavy (non-hydrogen) atoms. The van der Waals surface area contributed by atoms with Gasteiger partial charge >= 0.3 is 0 Å². The zero-order valence-electron chi connectivity index (χ0n) is 10.1. The van der Waals surface area contributed by atoms with Crippen LogP contribution in [0.2, 0.25) is 0 Å². The van der Waals surface area contributed by atoms with Crippen LogP contribution in [0.1, 0.15) is 30.1 Å². The van der Waals surface area contributed by atoms with E-state index in [2.05, 4.69) is 46.1 Å². The molecule has 2 aromatic heterocycles. The molecule has 1 aliphatic rings. The van der Waals surface area contributed by atoms with Gasteiger partial charge in [-0.25, -0.2) is 0 Å². The highest BCUT2D eigenvalue weighted by atomic mass is 32.1. The average Bonchev–Trinajstić information content (AvgIpc) is 2.94. The second-order valence-corrected chi connectivity index (χ2v) is 5.65. The van der Waals surface area contributed by atoms with E-state index in [1.807, 2.05) is 0 Å². The third kappa shape index (κ3) is 1.79. The second kappa shape index (κ2) is 4.23. The Labute approximate surface area is 105 Å². The van der Waals surface area contributed by atoms with Gasteiger partial charge in [-0.3, -0.25) is 0 Å². The van der Waals surface area contributed by atoms with Crippen molar-refractivity contribution >= 4 is 11.3 Å². The third-order valence-corrected chi connectivity index (χ3v) is 4.18. The minimum absolute atomic E-state index is 0.353. The maximum absolute atomic E-state index is 4.36. The molecule has 1 aliphatic heterocycles. The Morgan fingerprint density at radius 1 is 1.47 bits per heavy atom. The van der Waals surface area contributed by atoms with E-state index in [0.29, 0.717) is 6.04 Å². The summed E-state index contributed by atoms with van der Waals surface area (Å²) >= 11 is 1.78. The van der Waals surface area contributed by atoms with Crippen molar-refractivity contribution in [1.29, 1.82) is 0 Å². The molecule has 0 spiro atoms. The van der Waals surface area contributed by atoms with Gasteiger partial charge in [0.15, 0.2) is 11.6 Å². The fourth-order valence-corrected chi connectivity index (χ4v) is 3.16.